The lowest BCUT2D eigenvalue weighted by molar-refractivity contribution is -0.139. The fourth-order valence-electron chi connectivity index (χ4n) is 5.58. The fraction of sp³-hybridized carbons (Fsp3) is 0.333. The van der Waals surface area contributed by atoms with Crippen molar-refractivity contribution >= 4 is 11.6 Å². The normalized spacial score (nSPS) is 18.5. The number of nitrogens with zero attached hydrogens (tertiary/aromatic N) is 4. The number of amides is 1. The van der Waals surface area contributed by atoms with E-state index in [2.05, 4.69) is 37.8 Å². The number of benzene rings is 2. The van der Waals surface area contributed by atoms with Crippen LogP contribution < -0.4 is 15.4 Å². The Labute approximate surface area is 240 Å². The molecule has 2 aliphatic heterocycles. The number of anilines is 1. The van der Waals surface area contributed by atoms with Gasteiger partial charge < -0.3 is 20.3 Å². The Morgan fingerprint density at radius 1 is 1.10 bits per heavy atom. The lowest BCUT2D eigenvalue weighted by atomic mass is 9.86. The third kappa shape index (κ3) is 5.54. The first-order chi connectivity index (χ1) is 20.2. The molecule has 0 unspecified atom stereocenters. The van der Waals surface area contributed by atoms with E-state index in [-0.39, 0.29) is 18.3 Å². The first-order valence-electron chi connectivity index (χ1n) is 13.8. The molecule has 4 heterocycles. The van der Waals surface area contributed by atoms with E-state index in [4.69, 9.17) is 9.72 Å². The van der Waals surface area contributed by atoms with Gasteiger partial charge >= 0.3 is 6.18 Å². The van der Waals surface area contributed by atoms with Crippen LogP contribution in [0.25, 0.3) is 11.4 Å². The summed E-state index contributed by atoms with van der Waals surface area (Å²) in [5.74, 6) is 0.674. The van der Waals surface area contributed by atoms with Gasteiger partial charge in [0, 0.05) is 54.3 Å². The van der Waals surface area contributed by atoms with Crippen LogP contribution in [-0.2, 0) is 11.7 Å². The molecule has 2 aliphatic rings. The molecule has 2 aromatic carbocycles. The molecule has 1 atom stereocenters. The predicted molar refractivity (Wildman–Crippen MR) is 150 cm³/mol. The van der Waals surface area contributed by atoms with Crippen molar-refractivity contribution in [1.29, 1.82) is 0 Å². The number of aromatic amines is 1. The van der Waals surface area contributed by atoms with Gasteiger partial charge in [-0.3, -0.25) is 14.9 Å². The number of aromatic nitrogens is 4. The molecule has 1 saturated heterocycles. The molecule has 3 N–H and O–H groups in total. The summed E-state index contributed by atoms with van der Waals surface area (Å²) >= 11 is 0. The van der Waals surface area contributed by atoms with Gasteiger partial charge in [-0.2, -0.15) is 18.3 Å². The Balaban J connectivity index is 1.24. The smallest absolute Gasteiger partial charge is 0.419 e. The van der Waals surface area contributed by atoms with E-state index < -0.39 is 23.3 Å². The number of pyridine rings is 1. The Morgan fingerprint density at radius 3 is 2.62 bits per heavy atom. The van der Waals surface area contributed by atoms with Crippen LogP contribution in [0.4, 0.5) is 18.9 Å². The van der Waals surface area contributed by atoms with E-state index in [1.54, 1.807) is 36.7 Å². The van der Waals surface area contributed by atoms with Gasteiger partial charge in [0.05, 0.1) is 23.8 Å². The van der Waals surface area contributed by atoms with E-state index in [0.717, 1.165) is 43.2 Å². The summed E-state index contributed by atoms with van der Waals surface area (Å²) in [5, 5.41) is 14.1. The number of hydrogen-bond acceptors (Lipinski definition) is 7. The van der Waals surface area contributed by atoms with Crippen molar-refractivity contribution < 1.29 is 22.7 Å². The highest BCUT2D eigenvalue weighted by molar-refractivity contribution is 5.95. The van der Waals surface area contributed by atoms with Gasteiger partial charge in [-0.1, -0.05) is 18.2 Å². The van der Waals surface area contributed by atoms with Crippen molar-refractivity contribution in [3.05, 3.63) is 89.5 Å². The van der Waals surface area contributed by atoms with Crippen LogP contribution in [0.15, 0.2) is 67.0 Å². The van der Waals surface area contributed by atoms with E-state index in [0.29, 0.717) is 29.2 Å². The molecule has 4 aromatic rings. The molecule has 1 amide bonds. The highest BCUT2D eigenvalue weighted by Gasteiger charge is 2.40. The molecule has 12 heteroatoms. The zero-order valence-corrected chi connectivity index (χ0v) is 22.9. The molecule has 0 radical (unpaired) electrons. The maximum Gasteiger partial charge on any atom is 0.419 e. The Hall–Kier alpha value is -4.45. The Bertz CT molecular complexity index is 1570. The minimum Gasteiger partial charge on any atom is -0.492 e. The number of nitrogens with one attached hydrogen (secondary N) is 3. The highest BCUT2D eigenvalue weighted by atomic mass is 19.4. The molecule has 0 saturated carbocycles. The number of H-pyrrole nitrogens is 1. The van der Waals surface area contributed by atoms with E-state index >= 15 is 0 Å². The number of carbonyl (C=O) groups is 1. The van der Waals surface area contributed by atoms with Gasteiger partial charge in [0.1, 0.15) is 5.75 Å². The molecule has 1 fully saturated rings. The van der Waals surface area contributed by atoms with Gasteiger partial charge in [0.25, 0.3) is 5.91 Å². The number of hydrogen-bond donors (Lipinski definition) is 3. The number of fused-ring (bicyclic) bond motifs is 1. The number of rotatable bonds is 6. The second kappa shape index (κ2) is 11.1. The largest absolute Gasteiger partial charge is 0.492 e. The molecule has 6 rings (SSSR count). The maximum atomic E-state index is 13.5. The zero-order chi connectivity index (χ0) is 29.3. The van der Waals surface area contributed by atoms with E-state index in [9.17, 15) is 18.0 Å². The summed E-state index contributed by atoms with van der Waals surface area (Å²) in [6.45, 7) is 1.74. The molecule has 0 aliphatic carbocycles. The molecule has 0 spiro atoms. The topological polar surface area (TPSA) is 108 Å². The standard InChI is InChI=1S/C30H30F3N7O2/c1-40-15-11-29(12-16-40,28-36-26(38-39-28)19-8-13-34-14-9-19)37-21-5-2-4-20(18-21)27(41)35-24-10-17-42-25-22(24)6-3-7-23(25)30(31,32)33/h2-9,13-14,18,24,37H,10-12,15-17H2,1H3,(H,35,41)(H,36,38,39)/t24-/m1/s1. The van der Waals surface area contributed by atoms with E-state index in [1.165, 1.54) is 6.07 Å². The van der Waals surface area contributed by atoms with Crippen molar-refractivity contribution in [3.8, 4) is 17.1 Å². The van der Waals surface area contributed by atoms with Crippen molar-refractivity contribution in [3.63, 3.8) is 0 Å². The number of carbonyl (C=O) groups excluding carboxylic acids is 1. The summed E-state index contributed by atoms with van der Waals surface area (Å²) in [4.78, 5) is 24.5. The van der Waals surface area contributed by atoms with Crippen molar-refractivity contribution in [2.24, 2.45) is 0 Å². The second-order valence-electron chi connectivity index (χ2n) is 10.7. The highest BCUT2D eigenvalue weighted by Crippen LogP contribution is 2.43. The Kier molecular flexibility index (Phi) is 7.31. The van der Waals surface area contributed by atoms with Gasteiger partial charge in [-0.25, -0.2) is 4.98 Å². The van der Waals surface area contributed by atoms with Crippen LogP contribution in [-0.4, -0.2) is 57.7 Å². The van der Waals surface area contributed by atoms with Crippen molar-refractivity contribution in [2.45, 2.75) is 37.0 Å². The van der Waals surface area contributed by atoms with E-state index in [1.807, 2.05) is 18.2 Å². The minimum atomic E-state index is -4.55. The van der Waals surface area contributed by atoms with Crippen LogP contribution in [0.5, 0.6) is 5.75 Å². The average molecular weight is 578 g/mol. The quantitative estimate of drug-likeness (QED) is 0.290. The van der Waals surface area contributed by atoms with Crippen LogP contribution in [0.2, 0.25) is 0 Å². The molecule has 9 nitrogen and oxygen atoms in total. The van der Waals surface area contributed by atoms with Gasteiger partial charge in [-0.05, 0) is 56.3 Å². The maximum absolute atomic E-state index is 13.5. The molecule has 218 valence electrons. The summed E-state index contributed by atoms with van der Waals surface area (Å²) in [5.41, 5.74) is 0.894. The summed E-state index contributed by atoms with van der Waals surface area (Å²) < 4.78 is 46.0. The first-order valence-corrected chi connectivity index (χ1v) is 13.8. The van der Waals surface area contributed by atoms with Crippen LogP contribution in [0.3, 0.4) is 0 Å². The molecular weight excluding hydrogens is 547 g/mol. The number of piperidine rings is 1. The van der Waals surface area contributed by atoms with Gasteiger partial charge in [-0.15, -0.1) is 0 Å². The Morgan fingerprint density at radius 2 is 1.86 bits per heavy atom. The first kappa shape index (κ1) is 27.7. The lowest BCUT2D eigenvalue weighted by Gasteiger charge is -2.40. The average Bonchev–Trinajstić information content (AvgIpc) is 3.50. The number of para-hydroxylation sites is 1. The molecule has 2 aromatic heterocycles. The number of ether oxygens (including phenoxy) is 1. The zero-order valence-electron chi connectivity index (χ0n) is 22.9. The number of halogens is 3. The van der Waals surface area contributed by atoms with Crippen LogP contribution >= 0.6 is 0 Å². The summed E-state index contributed by atoms with van der Waals surface area (Å²) in [6.07, 6.45) is 0.708. The van der Waals surface area contributed by atoms with Crippen LogP contribution in [0.1, 0.15) is 52.6 Å². The summed E-state index contributed by atoms with van der Waals surface area (Å²) in [7, 11) is 2.07. The molecule has 0 bridgehead atoms. The van der Waals surface area contributed by atoms with Gasteiger partial charge in [0.2, 0.25) is 0 Å². The monoisotopic (exact) mass is 577 g/mol. The third-order valence-corrected chi connectivity index (χ3v) is 7.91. The lowest BCUT2D eigenvalue weighted by Crippen LogP contribution is -2.46. The second-order valence-corrected chi connectivity index (χ2v) is 10.7. The number of likely N-dealkylation sites (tertiary alicyclic amines) is 1. The number of alkyl halides is 3. The van der Waals surface area contributed by atoms with Crippen LogP contribution in [0, 0.1) is 0 Å². The third-order valence-electron chi connectivity index (χ3n) is 7.91. The summed E-state index contributed by atoms with van der Waals surface area (Å²) in [6, 6.07) is 14.1. The minimum absolute atomic E-state index is 0.0717. The van der Waals surface area contributed by atoms with Crippen molar-refractivity contribution in [1.82, 2.24) is 30.4 Å². The SMILES string of the molecule is CN1CCC(Nc2cccc(C(=O)N[C@@H]3CCOc4c3cccc4C(F)(F)F)c2)(c2nc(-c3ccncc3)n[nH]2)CC1. The van der Waals surface area contributed by atoms with Gasteiger partial charge in [0.15, 0.2) is 11.6 Å². The molecular formula is C30H30F3N7O2. The van der Waals surface area contributed by atoms with Crippen molar-refractivity contribution in [2.75, 3.05) is 32.1 Å². The predicted octanol–water partition coefficient (Wildman–Crippen LogP) is 5.17. The fourth-order valence-corrected chi connectivity index (χ4v) is 5.58. The molecule has 42 heavy (non-hydrogen) atoms.